The Hall–Kier alpha value is -0.503. The van der Waals surface area contributed by atoms with Gasteiger partial charge in [0.2, 0.25) is 0 Å². The van der Waals surface area contributed by atoms with Crippen molar-refractivity contribution in [2.45, 2.75) is 19.5 Å². The predicted octanol–water partition coefficient (Wildman–Crippen LogP) is 1.63. The lowest BCUT2D eigenvalue weighted by atomic mass is 10.7. The van der Waals surface area contributed by atoms with E-state index in [2.05, 4.69) is 19.5 Å². The molecule has 1 radical (unpaired) electrons. The Morgan fingerprint density at radius 3 is 2.89 bits per heavy atom. The van der Waals surface area contributed by atoms with Crippen LogP contribution in [0.3, 0.4) is 0 Å². The van der Waals surface area contributed by atoms with Crippen LogP contribution in [0.1, 0.15) is 6.92 Å². The lowest BCUT2D eigenvalue weighted by Gasteiger charge is -1.98. The Morgan fingerprint density at radius 1 is 1.67 bits per heavy atom. The third-order valence-corrected chi connectivity index (χ3v) is 3.66. The van der Waals surface area contributed by atoms with Crippen LogP contribution in [0, 0.1) is 0 Å². The van der Waals surface area contributed by atoms with E-state index >= 15 is 0 Å². The minimum absolute atomic E-state index is 0.330. The molecule has 0 spiro atoms. The summed E-state index contributed by atoms with van der Waals surface area (Å²) in [5.74, 6) is 0. The highest BCUT2D eigenvalue weighted by atomic mass is 28.3. The normalized spacial score (nSPS) is 10.6. The Balaban J connectivity index is 2.65. The van der Waals surface area contributed by atoms with Crippen molar-refractivity contribution < 1.29 is 4.42 Å². The predicted molar refractivity (Wildman–Crippen MR) is 40.4 cm³/mol. The highest BCUT2D eigenvalue weighted by molar-refractivity contribution is 6.70. The summed E-state index contributed by atoms with van der Waals surface area (Å²) in [4.78, 5) is 0. The molecule has 0 fully saturated rings. The van der Waals surface area contributed by atoms with Gasteiger partial charge in [-0.25, -0.2) is 0 Å². The number of hydrogen-bond donors (Lipinski definition) is 0. The van der Waals surface area contributed by atoms with Crippen LogP contribution in [0.5, 0.6) is 0 Å². The molecule has 0 atom stereocenters. The average Bonchev–Trinajstić information content (AvgIpc) is 2.37. The molecule has 0 saturated carbocycles. The molecule has 1 aromatic heterocycles. The molecule has 0 saturated heterocycles. The molecule has 0 aliphatic carbocycles. The van der Waals surface area contributed by atoms with E-state index in [1.54, 1.807) is 6.26 Å². The second kappa shape index (κ2) is 2.87. The van der Waals surface area contributed by atoms with Gasteiger partial charge in [0.15, 0.2) is 0 Å². The highest BCUT2D eigenvalue weighted by Gasteiger charge is 2.05. The summed E-state index contributed by atoms with van der Waals surface area (Å²) in [7, 11) is -0.330. The molecule has 0 unspecified atom stereocenters. The molecule has 49 valence electrons. The first-order chi connectivity index (χ1) is 4.34. The summed E-state index contributed by atoms with van der Waals surface area (Å²) in [5, 5.41) is 1.20. The maximum atomic E-state index is 5.23. The molecule has 0 aliphatic heterocycles. The van der Waals surface area contributed by atoms with E-state index in [0.29, 0.717) is 0 Å². The standard InChI is InChI=1S/C7H11OSi/c1-3-9(2)7-5-4-6-8-7/h4-6H,3H2,1-2H3. The van der Waals surface area contributed by atoms with Crippen molar-refractivity contribution in [3.63, 3.8) is 0 Å². The van der Waals surface area contributed by atoms with Crippen molar-refractivity contribution in [3.05, 3.63) is 18.4 Å². The van der Waals surface area contributed by atoms with Gasteiger partial charge in [-0.1, -0.05) is 19.5 Å². The monoisotopic (exact) mass is 139 g/mol. The molecular weight excluding hydrogens is 128 g/mol. The molecule has 0 amide bonds. The summed E-state index contributed by atoms with van der Waals surface area (Å²) in [6.45, 7) is 4.47. The van der Waals surface area contributed by atoms with Crippen LogP contribution in [0.25, 0.3) is 0 Å². The topological polar surface area (TPSA) is 13.1 Å². The Kier molecular flexibility index (Phi) is 2.11. The summed E-state index contributed by atoms with van der Waals surface area (Å²) >= 11 is 0. The average molecular weight is 139 g/mol. The van der Waals surface area contributed by atoms with Gasteiger partial charge in [-0.05, 0) is 12.1 Å². The van der Waals surface area contributed by atoms with E-state index in [1.165, 1.54) is 11.4 Å². The molecule has 0 bridgehead atoms. The third kappa shape index (κ3) is 1.45. The summed E-state index contributed by atoms with van der Waals surface area (Å²) in [6.07, 6.45) is 1.75. The van der Waals surface area contributed by atoms with Gasteiger partial charge in [-0.2, -0.15) is 0 Å². The lowest BCUT2D eigenvalue weighted by molar-refractivity contribution is 0.599. The second-order valence-corrected chi connectivity index (χ2v) is 4.87. The van der Waals surface area contributed by atoms with Gasteiger partial charge < -0.3 is 4.42 Å². The van der Waals surface area contributed by atoms with Gasteiger partial charge in [0.1, 0.15) is 8.80 Å². The molecule has 2 heteroatoms. The Bertz CT molecular complexity index is 157. The highest BCUT2D eigenvalue weighted by Crippen LogP contribution is 1.92. The number of hydrogen-bond acceptors (Lipinski definition) is 1. The van der Waals surface area contributed by atoms with Crippen LogP contribution < -0.4 is 5.38 Å². The van der Waals surface area contributed by atoms with E-state index in [9.17, 15) is 0 Å². The molecular formula is C7H11OSi. The Labute approximate surface area is 57.3 Å². The molecule has 0 aliphatic rings. The van der Waals surface area contributed by atoms with Gasteiger partial charge in [-0.15, -0.1) is 0 Å². The SMILES string of the molecule is CC[Si](C)c1ccco1. The maximum Gasteiger partial charge on any atom is 0.130 e. The molecule has 0 N–H and O–H groups in total. The van der Waals surface area contributed by atoms with Gasteiger partial charge in [-0.3, -0.25) is 0 Å². The van der Waals surface area contributed by atoms with Crippen LogP contribution in [0.2, 0.25) is 12.6 Å². The largest absolute Gasteiger partial charge is 0.475 e. The van der Waals surface area contributed by atoms with E-state index in [0.717, 1.165) is 0 Å². The van der Waals surface area contributed by atoms with E-state index in [-0.39, 0.29) is 8.80 Å². The van der Waals surface area contributed by atoms with Crippen LogP contribution in [-0.2, 0) is 0 Å². The van der Waals surface area contributed by atoms with Gasteiger partial charge in [0.25, 0.3) is 0 Å². The molecule has 0 aromatic carbocycles. The van der Waals surface area contributed by atoms with E-state index in [1.807, 2.05) is 6.07 Å². The van der Waals surface area contributed by atoms with Crippen molar-refractivity contribution >= 4 is 14.2 Å². The van der Waals surface area contributed by atoms with Crippen LogP contribution in [-0.4, -0.2) is 8.80 Å². The lowest BCUT2D eigenvalue weighted by Crippen LogP contribution is -2.22. The fourth-order valence-corrected chi connectivity index (χ4v) is 1.69. The minimum atomic E-state index is -0.330. The smallest absolute Gasteiger partial charge is 0.130 e. The zero-order valence-corrected chi connectivity index (χ0v) is 6.85. The summed E-state index contributed by atoms with van der Waals surface area (Å²) in [6, 6.07) is 5.27. The van der Waals surface area contributed by atoms with E-state index < -0.39 is 0 Å². The number of rotatable bonds is 2. The van der Waals surface area contributed by atoms with Crippen molar-refractivity contribution in [1.82, 2.24) is 0 Å². The first-order valence-electron chi connectivity index (χ1n) is 3.21. The van der Waals surface area contributed by atoms with Crippen LogP contribution in [0.15, 0.2) is 22.8 Å². The molecule has 9 heavy (non-hydrogen) atoms. The first-order valence-corrected chi connectivity index (χ1v) is 5.41. The van der Waals surface area contributed by atoms with Crippen molar-refractivity contribution in [3.8, 4) is 0 Å². The Morgan fingerprint density at radius 2 is 2.44 bits per heavy atom. The third-order valence-electron chi connectivity index (χ3n) is 1.47. The van der Waals surface area contributed by atoms with Gasteiger partial charge in [0, 0.05) is 0 Å². The first kappa shape index (κ1) is 6.61. The summed E-state index contributed by atoms with van der Waals surface area (Å²) < 4.78 is 5.23. The second-order valence-electron chi connectivity index (χ2n) is 2.11. The molecule has 1 aromatic rings. The summed E-state index contributed by atoms with van der Waals surface area (Å²) in [5.41, 5.74) is 0. The van der Waals surface area contributed by atoms with Gasteiger partial charge >= 0.3 is 0 Å². The van der Waals surface area contributed by atoms with E-state index in [4.69, 9.17) is 4.42 Å². The van der Waals surface area contributed by atoms with Crippen molar-refractivity contribution in [2.24, 2.45) is 0 Å². The quantitative estimate of drug-likeness (QED) is 0.568. The molecule has 1 rings (SSSR count). The zero-order valence-electron chi connectivity index (χ0n) is 5.85. The van der Waals surface area contributed by atoms with Crippen molar-refractivity contribution in [2.75, 3.05) is 0 Å². The molecule has 1 nitrogen and oxygen atoms in total. The number of furan rings is 1. The van der Waals surface area contributed by atoms with Gasteiger partial charge in [0.05, 0.1) is 11.6 Å². The minimum Gasteiger partial charge on any atom is -0.475 e. The fraction of sp³-hybridized carbons (Fsp3) is 0.429. The van der Waals surface area contributed by atoms with Crippen LogP contribution in [0.4, 0.5) is 0 Å². The van der Waals surface area contributed by atoms with Crippen molar-refractivity contribution in [1.29, 1.82) is 0 Å². The van der Waals surface area contributed by atoms with Crippen LogP contribution >= 0.6 is 0 Å². The maximum absolute atomic E-state index is 5.23. The fourth-order valence-electron chi connectivity index (χ4n) is 0.696. The molecule has 1 heterocycles. The zero-order chi connectivity index (χ0) is 6.69.